The molecule has 1 heterocycles. The Kier molecular flexibility index (Phi) is 6.34. The van der Waals surface area contributed by atoms with Gasteiger partial charge in [-0.15, -0.1) is 0 Å². The topological polar surface area (TPSA) is 88.3 Å². The van der Waals surface area contributed by atoms with Crippen molar-refractivity contribution < 1.29 is 19.1 Å². The maximum atomic E-state index is 12.4. The molecule has 0 saturated carbocycles. The van der Waals surface area contributed by atoms with Gasteiger partial charge in [0, 0.05) is 12.6 Å². The van der Waals surface area contributed by atoms with Crippen molar-refractivity contribution >= 4 is 58.1 Å². The lowest BCUT2D eigenvalue weighted by atomic mass is 10.1. The average Bonchev–Trinajstić information content (AvgIpc) is 2.88. The Morgan fingerprint density at radius 2 is 1.73 bits per heavy atom. The second-order valence-electron chi connectivity index (χ2n) is 5.50. The summed E-state index contributed by atoms with van der Waals surface area (Å²) in [6.07, 6.45) is -0.199. The molecule has 138 valence electrons. The quantitative estimate of drug-likeness (QED) is 0.427. The highest BCUT2D eigenvalue weighted by molar-refractivity contribution is 6.44. The number of hydrogen-bond donors (Lipinski definition) is 2. The number of halogens is 3. The van der Waals surface area contributed by atoms with E-state index in [1.54, 1.807) is 6.92 Å². The fraction of sp³-hybridized carbons (Fsp3) is 0.235. The Balaban J connectivity index is 2.32. The van der Waals surface area contributed by atoms with Gasteiger partial charge in [-0.1, -0.05) is 34.8 Å². The molecule has 0 aliphatic heterocycles. The molecule has 9 heteroatoms. The molecule has 0 unspecified atom stereocenters. The molecule has 26 heavy (non-hydrogen) atoms. The standard InChI is InChI=1S/C17H15Cl3N2O4/c1-7-15(17(25)26-3)13(22-16(7)8(2)23)6-14(24)21-12-5-10(19)9(18)4-11(12)20/h4-5,22H,6H2,1-3H3,(H,21,24). The summed E-state index contributed by atoms with van der Waals surface area (Å²) in [4.78, 5) is 38.9. The molecule has 2 N–H and O–H groups in total. The Bertz CT molecular complexity index is 906. The van der Waals surface area contributed by atoms with E-state index in [0.717, 1.165) is 0 Å². The van der Waals surface area contributed by atoms with E-state index in [1.807, 2.05) is 0 Å². The van der Waals surface area contributed by atoms with Gasteiger partial charge in [-0.05, 0) is 24.6 Å². The number of hydrogen-bond acceptors (Lipinski definition) is 4. The summed E-state index contributed by atoms with van der Waals surface area (Å²) in [5, 5.41) is 3.30. The van der Waals surface area contributed by atoms with Crippen molar-refractivity contribution in [2.45, 2.75) is 20.3 Å². The number of carbonyl (C=O) groups excluding carboxylic acids is 3. The molecule has 0 saturated heterocycles. The van der Waals surface area contributed by atoms with Crippen LogP contribution in [0.4, 0.5) is 5.69 Å². The Labute approximate surface area is 164 Å². The molecule has 2 rings (SSSR count). The number of amides is 1. The van der Waals surface area contributed by atoms with Crippen LogP contribution < -0.4 is 5.32 Å². The number of Topliss-reactive ketones (excluding diaryl/α,β-unsaturated/α-hetero) is 1. The van der Waals surface area contributed by atoms with E-state index >= 15 is 0 Å². The second kappa shape index (κ2) is 8.12. The van der Waals surface area contributed by atoms with Crippen molar-refractivity contribution in [3.63, 3.8) is 0 Å². The third kappa shape index (κ3) is 4.20. The van der Waals surface area contributed by atoms with Gasteiger partial charge < -0.3 is 15.0 Å². The summed E-state index contributed by atoms with van der Waals surface area (Å²) in [5.41, 5.74) is 1.39. The molecular formula is C17H15Cl3N2O4. The zero-order valence-electron chi connectivity index (χ0n) is 14.1. The lowest BCUT2D eigenvalue weighted by Crippen LogP contribution is -2.17. The summed E-state index contributed by atoms with van der Waals surface area (Å²) in [6, 6.07) is 2.83. The minimum absolute atomic E-state index is 0.160. The summed E-state index contributed by atoms with van der Waals surface area (Å²) >= 11 is 17.8. The first-order chi connectivity index (χ1) is 12.1. The van der Waals surface area contributed by atoms with Crippen molar-refractivity contribution in [2.24, 2.45) is 0 Å². The van der Waals surface area contributed by atoms with Crippen LogP contribution >= 0.6 is 34.8 Å². The van der Waals surface area contributed by atoms with E-state index < -0.39 is 11.9 Å². The van der Waals surface area contributed by atoms with Crippen molar-refractivity contribution in [3.05, 3.63) is 49.7 Å². The molecular weight excluding hydrogens is 403 g/mol. The van der Waals surface area contributed by atoms with Crippen molar-refractivity contribution in [1.29, 1.82) is 0 Å². The molecule has 6 nitrogen and oxygen atoms in total. The Morgan fingerprint density at radius 3 is 2.31 bits per heavy atom. The molecule has 0 fully saturated rings. The largest absolute Gasteiger partial charge is 0.465 e. The smallest absolute Gasteiger partial charge is 0.339 e. The predicted molar refractivity (Wildman–Crippen MR) is 101 cm³/mol. The maximum Gasteiger partial charge on any atom is 0.339 e. The number of anilines is 1. The van der Waals surface area contributed by atoms with Gasteiger partial charge in [0.05, 0.1) is 45.5 Å². The first-order valence-electron chi connectivity index (χ1n) is 7.40. The molecule has 1 amide bonds. The summed E-state index contributed by atoms with van der Waals surface area (Å²) < 4.78 is 4.74. The number of aromatic amines is 1. The zero-order chi connectivity index (χ0) is 19.6. The minimum Gasteiger partial charge on any atom is -0.465 e. The van der Waals surface area contributed by atoms with Crippen LogP contribution in [0.3, 0.4) is 0 Å². The SMILES string of the molecule is COC(=O)c1c(CC(=O)Nc2cc(Cl)c(Cl)cc2Cl)[nH]c(C(C)=O)c1C. The van der Waals surface area contributed by atoms with Gasteiger partial charge in [0.15, 0.2) is 5.78 Å². The highest BCUT2D eigenvalue weighted by Crippen LogP contribution is 2.32. The number of benzene rings is 1. The normalized spacial score (nSPS) is 10.5. The van der Waals surface area contributed by atoms with Crippen LogP contribution in [0, 0.1) is 6.92 Å². The predicted octanol–water partition coefficient (Wildman–Crippen LogP) is 4.45. The van der Waals surface area contributed by atoms with E-state index in [1.165, 1.54) is 26.2 Å². The third-order valence-electron chi connectivity index (χ3n) is 3.69. The maximum absolute atomic E-state index is 12.4. The Morgan fingerprint density at radius 1 is 1.12 bits per heavy atom. The summed E-state index contributed by atoms with van der Waals surface area (Å²) in [5.74, 6) is -1.36. The lowest BCUT2D eigenvalue weighted by molar-refractivity contribution is -0.115. The fourth-order valence-electron chi connectivity index (χ4n) is 2.49. The number of H-pyrrole nitrogens is 1. The first-order valence-corrected chi connectivity index (χ1v) is 8.54. The molecule has 0 aliphatic carbocycles. The van der Waals surface area contributed by atoms with Crippen LogP contribution in [0.15, 0.2) is 12.1 Å². The summed E-state index contributed by atoms with van der Waals surface area (Å²) in [7, 11) is 1.22. The number of nitrogens with one attached hydrogen (secondary N) is 2. The highest BCUT2D eigenvalue weighted by atomic mass is 35.5. The van der Waals surface area contributed by atoms with Gasteiger partial charge in [-0.3, -0.25) is 9.59 Å². The van der Waals surface area contributed by atoms with Gasteiger partial charge >= 0.3 is 5.97 Å². The second-order valence-corrected chi connectivity index (χ2v) is 6.72. The van der Waals surface area contributed by atoms with Crippen LogP contribution in [0.2, 0.25) is 15.1 Å². The number of rotatable bonds is 5. The number of ether oxygens (including phenoxy) is 1. The summed E-state index contributed by atoms with van der Waals surface area (Å²) in [6.45, 7) is 2.97. The van der Waals surface area contributed by atoms with Crippen molar-refractivity contribution in [1.82, 2.24) is 4.98 Å². The van der Waals surface area contributed by atoms with E-state index in [0.29, 0.717) is 5.56 Å². The van der Waals surface area contributed by atoms with Gasteiger partial charge in [-0.2, -0.15) is 0 Å². The van der Waals surface area contributed by atoms with Gasteiger partial charge in [0.25, 0.3) is 0 Å². The van der Waals surface area contributed by atoms with E-state index in [2.05, 4.69) is 10.3 Å². The number of ketones is 1. The van der Waals surface area contributed by atoms with Crippen LogP contribution in [-0.2, 0) is 16.0 Å². The van der Waals surface area contributed by atoms with Gasteiger partial charge in [0.2, 0.25) is 5.91 Å². The monoisotopic (exact) mass is 416 g/mol. The molecule has 2 aromatic rings. The Hall–Kier alpha value is -2.02. The number of aromatic nitrogens is 1. The molecule has 1 aromatic carbocycles. The average molecular weight is 418 g/mol. The minimum atomic E-state index is -0.637. The molecule has 0 radical (unpaired) electrons. The van der Waals surface area contributed by atoms with Crippen LogP contribution in [0.5, 0.6) is 0 Å². The molecule has 0 aliphatic rings. The van der Waals surface area contributed by atoms with Crippen LogP contribution in [-0.4, -0.2) is 29.8 Å². The first kappa shape index (κ1) is 20.3. The van der Waals surface area contributed by atoms with Crippen LogP contribution in [0.25, 0.3) is 0 Å². The lowest BCUT2D eigenvalue weighted by Gasteiger charge is -2.09. The molecule has 1 aromatic heterocycles. The molecule has 0 bridgehead atoms. The van der Waals surface area contributed by atoms with E-state index in [-0.39, 0.29) is 49.9 Å². The third-order valence-corrected chi connectivity index (χ3v) is 4.73. The van der Waals surface area contributed by atoms with E-state index in [4.69, 9.17) is 39.5 Å². The van der Waals surface area contributed by atoms with Gasteiger partial charge in [-0.25, -0.2) is 4.79 Å². The van der Waals surface area contributed by atoms with Gasteiger partial charge in [0.1, 0.15) is 0 Å². The zero-order valence-corrected chi connectivity index (χ0v) is 16.4. The van der Waals surface area contributed by atoms with Crippen molar-refractivity contribution in [2.75, 3.05) is 12.4 Å². The van der Waals surface area contributed by atoms with Crippen LogP contribution in [0.1, 0.15) is 39.0 Å². The highest BCUT2D eigenvalue weighted by Gasteiger charge is 2.24. The molecule has 0 spiro atoms. The number of methoxy groups -OCH3 is 1. The molecule has 0 atom stereocenters. The number of esters is 1. The van der Waals surface area contributed by atoms with E-state index in [9.17, 15) is 14.4 Å². The fourth-order valence-corrected chi connectivity index (χ4v) is 3.09. The number of carbonyl (C=O) groups is 3. The van der Waals surface area contributed by atoms with Crippen molar-refractivity contribution in [3.8, 4) is 0 Å².